The fourth-order valence-corrected chi connectivity index (χ4v) is 4.84. The molecule has 1 saturated heterocycles. The van der Waals surface area contributed by atoms with Crippen LogP contribution in [0.2, 0.25) is 0 Å². The molecular weight excluding hydrogens is 464 g/mol. The van der Waals surface area contributed by atoms with Crippen LogP contribution in [0.15, 0.2) is 66.9 Å². The Kier molecular flexibility index (Phi) is 6.52. The van der Waals surface area contributed by atoms with Crippen LogP contribution in [0.1, 0.15) is 37.6 Å². The summed E-state index contributed by atoms with van der Waals surface area (Å²) >= 11 is 0. The molecule has 0 atom stereocenters. The predicted molar refractivity (Wildman–Crippen MR) is 145 cm³/mol. The molecule has 0 aliphatic carbocycles. The topological polar surface area (TPSA) is 97.4 Å². The number of carbonyl (C=O) groups is 2. The van der Waals surface area contributed by atoms with E-state index in [2.05, 4.69) is 41.4 Å². The van der Waals surface area contributed by atoms with E-state index in [9.17, 15) is 9.59 Å². The van der Waals surface area contributed by atoms with Crippen molar-refractivity contribution in [2.24, 2.45) is 5.41 Å². The van der Waals surface area contributed by atoms with Gasteiger partial charge in [0.15, 0.2) is 0 Å². The summed E-state index contributed by atoms with van der Waals surface area (Å²) in [7, 11) is 0. The number of aromatic nitrogens is 3. The number of carbonyl (C=O) groups excluding carboxylic acids is 2. The molecule has 1 aliphatic rings. The van der Waals surface area contributed by atoms with Gasteiger partial charge in [-0.3, -0.25) is 14.5 Å². The minimum Gasteiger partial charge on any atom is -0.368 e. The number of piperazine rings is 1. The van der Waals surface area contributed by atoms with Crippen molar-refractivity contribution in [3.8, 4) is 0 Å². The molecule has 2 aromatic heterocycles. The van der Waals surface area contributed by atoms with Crippen LogP contribution in [0, 0.1) is 5.41 Å². The molecule has 3 heterocycles. The predicted octanol–water partition coefficient (Wildman–Crippen LogP) is 4.03. The highest BCUT2D eigenvalue weighted by molar-refractivity contribution is 6.17. The second kappa shape index (κ2) is 9.78. The Hall–Kier alpha value is -4.04. The van der Waals surface area contributed by atoms with Gasteiger partial charge >= 0.3 is 0 Å². The highest BCUT2D eigenvalue weighted by Crippen LogP contribution is 2.27. The summed E-state index contributed by atoms with van der Waals surface area (Å²) in [5.41, 5.74) is 10.6. The maximum absolute atomic E-state index is 12.9. The molecule has 1 aliphatic heterocycles. The summed E-state index contributed by atoms with van der Waals surface area (Å²) in [6, 6.07) is 19.6. The SMILES string of the molecule is CC(C)(C)Cn1c(Cc2ccc(N3C(=O)CN(Cc4ccccc4)CC3=O)cc2)cc2cnc(N)nc21. The van der Waals surface area contributed by atoms with Crippen LogP contribution >= 0.6 is 0 Å². The third-order valence-corrected chi connectivity index (χ3v) is 6.42. The molecule has 5 rings (SSSR count). The van der Waals surface area contributed by atoms with Crippen molar-refractivity contribution in [1.29, 1.82) is 0 Å². The maximum atomic E-state index is 12.9. The lowest BCUT2D eigenvalue weighted by Gasteiger charge is -2.32. The minimum absolute atomic E-state index is 0.0493. The molecule has 4 aromatic rings. The zero-order valence-corrected chi connectivity index (χ0v) is 21.5. The van der Waals surface area contributed by atoms with Crippen molar-refractivity contribution in [3.05, 3.63) is 83.7 Å². The van der Waals surface area contributed by atoms with E-state index in [0.29, 0.717) is 18.7 Å². The van der Waals surface area contributed by atoms with E-state index < -0.39 is 0 Å². The van der Waals surface area contributed by atoms with Crippen LogP contribution in [0.5, 0.6) is 0 Å². The summed E-state index contributed by atoms with van der Waals surface area (Å²) in [6.07, 6.45) is 2.44. The second-order valence-electron chi connectivity index (χ2n) is 10.9. The number of nitrogens with zero attached hydrogens (tertiary/aromatic N) is 5. The van der Waals surface area contributed by atoms with E-state index in [4.69, 9.17) is 5.73 Å². The van der Waals surface area contributed by atoms with Crippen molar-refractivity contribution >= 4 is 34.5 Å². The van der Waals surface area contributed by atoms with Crippen molar-refractivity contribution in [1.82, 2.24) is 19.4 Å². The molecule has 1 fully saturated rings. The number of imide groups is 1. The zero-order chi connectivity index (χ0) is 26.2. The zero-order valence-electron chi connectivity index (χ0n) is 21.5. The Morgan fingerprint density at radius 3 is 2.24 bits per heavy atom. The molecular formula is C29H32N6O2. The van der Waals surface area contributed by atoms with Gasteiger partial charge in [0.05, 0.1) is 18.8 Å². The van der Waals surface area contributed by atoms with E-state index in [0.717, 1.165) is 34.4 Å². The number of hydrogen-bond donors (Lipinski definition) is 1. The monoisotopic (exact) mass is 496 g/mol. The molecule has 2 N–H and O–H groups in total. The van der Waals surface area contributed by atoms with Gasteiger partial charge in [0.25, 0.3) is 0 Å². The summed E-state index contributed by atoms with van der Waals surface area (Å²) in [5, 5.41) is 0.953. The summed E-state index contributed by atoms with van der Waals surface area (Å²) in [5.74, 6) is -0.155. The molecule has 2 aromatic carbocycles. The number of hydrogen-bond acceptors (Lipinski definition) is 6. The summed E-state index contributed by atoms with van der Waals surface area (Å²) in [4.78, 5) is 37.7. The first-order valence-electron chi connectivity index (χ1n) is 12.5. The Morgan fingerprint density at radius 1 is 0.919 bits per heavy atom. The molecule has 8 heteroatoms. The van der Waals surface area contributed by atoms with Gasteiger partial charge in [-0.1, -0.05) is 63.2 Å². The first-order valence-corrected chi connectivity index (χ1v) is 12.5. The molecule has 190 valence electrons. The van der Waals surface area contributed by atoms with Crippen LogP contribution in [-0.2, 0) is 29.1 Å². The Bertz CT molecular complexity index is 1420. The van der Waals surface area contributed by atoms with E-state index in [1.807, 2.05) is 59.5 Å². The summed E-state index contributed by atoms with van der Waals surface area (Å²) < 4.78 is 2.21. The maximum Gasteiger partial charge on any atom is 0.247 e. The fourth-order valence-electron chi connectivity index (χ4n) is 4.84. The van der Waals surface area contributed by atoms with Crippen molar-refractivity contribution < 1.29 is 9.59 Å². The van der Waals surface area contributed by atoms with Gasteiger partial charge in [-0.25, -0.2) is 9.88 Å². The average molecular weight is 497 g/mol. The number of rotatable bonds is 6. The first kappa shape index (κ1) is 24.6. The molecule has 2 amide bonds. The summed E-state index contributed by atoms with van der Waals surface area (Å²) in [6.45, 7) is 8.35. The van der Waals surface area contributed by atoms with Crippen molar-refractivity contribution in [2.75, 3.05) is 23.7 Å². The first-order chi connectivity index (χ1) is 17.7. The minimum atomic E-state index is -0.207. The van der Waals surface area contributed by atoms with Crippen molar-refractivity contribution in [2.45, 2.75) is 40.3 Å². The lowest BCUT2D eigenvalue weighted by Crippen LogP contribution is -2.53. The fraction of sp³-hybridized carbons (Fsp3) is 0.310. The Balaban J connectivity index is 1.33. The normalized spacial score (nSPS) is 15.1. The van der Waals surface area contributed by atoms with Gasteiger partial charge in [0.2, 0.25) is 17.8 Å². The average Bonchev–Trinajstić information content (AvgIpc) is 3.15. The molecule has 0 radical (unpaired) electrons. The van der Waals surface area contributed by atoms with Gasteiger partial charge in [0.1, 0.15) is 5.65 Å². The van der Waals surface area contributed by atoms with Gasteiger partial charge < -0.3 is 10.3 Å². The van der Waals surface area contributed by atoms with E-state index in [-0.39, 0.29) is 36.3 Å². The number of nitrogens with two attached hydrogens (primary N) is 1. The van der Waals surface area contributed by atoms with E-state index >= 15 is 0 Å². The third kappa shape index (κ3) is 5.54. The number of nitrogen functional groups attached to an aromatic ring is 1. The van der Waals surface area contributed by atoms with E-state index in [1.165, 1.54) is 4.90 Å². The highest BCUT2D eigenvalue weighted by Gasteiger charge is 2.32. The quantitative estimate of drug-likeness (QED) is 0.405. The molecule has 0 bridgehead atoms. The highest BCUT2D eigenvalue weighted by atomic mass is 16.2. The van der Waals surface area contributed by atoms with Gasteiger partial charge in [-0.15, -0.1) is 0 Å². The number of amides is 2. The van der Waals surface area contributed by atoms with Crippen LogP contribution in [0.4, 0.5) is 11.6 Å². The second-order valence-corrected chi connectivity index (χ2v) is 10.9. The molecule has 0 saturated carbocycles. The Morgan fingerprint density at radius 2 is 1.59 bits per heavy atom. The van der Waals surface area contributed by atoms with Crippen LogP contribution in [-0.4, -0.2) is 44.3 Å². The number of fused-ring (bicyclic) bond motifs is 1. The lowest BCUT2D eigenvalue weighted by atomic mass is 9.96. The standard InChI is InChI=1S/C29H32N6O2/c1-29(2,3)19-34-24(14-22-15-31-28(30)32-27(22)34)13-20-9-11-23(12-10-20)35-25(36)17-33(18-26(35)37)16-21-7-5-4-6-8-21/h4-12,14-15H,13,16-19H2,1-3H3,(H2,30,31,32). The molecule has 0 unspecified atom stereocenters. The smallest absolute Gasteiger partial charge is 0.247 e. The number of anilines is 2. The van der Waals surface area contributed by atoms with Crippen molar-refractivity contribution in [3.63, 3.8) is 0 Å². The molecule has 37 heavy (non-hydrogen) atoms. The molecule has 0 spiro atoms. The van der Waals surface area contributed by atoms with E-state index in [1.54, 1.807) is 6.20 Å². The third-order valence-electron chi connectivity index (χ3n) is 6.42. The lowest BCUT2D eigenvalue weighted by molar-refractivity contribution is -0.132. The van der Waals surface area contributed by atoms with Gasteiger partial charge in [-0.2, -0.15) is 4.98 Å². The van der Waals surface area contributed by atoms with Gasteiger partial charge in [0, 0.05) is 36.8 Å². The van der Waals surface area contributed by atoms with Crippen LogP contribution in [0.25, 0.3) is 11.0 Å². The van der Waals surface area contributed by atoms with Gasteiger partial charge in [-0.05, 0) is 34.7 Å². The largest absolute Gasteiger partial charge is 0.368 e. The van der Waals surface area contributed by atoms with Crippen LogP contribution < -0.4 is 10.6 Å². The number of benzene rings is 2. The molecule has 8 nitrogen and oxygen atoms in total. The Labute approximate surface area is 216 Å². The van der Waals surface area contributed by atoms with Crippen LogP contribution in [0.3, 0.4) is 0 Å².